The first-order valence-electron chi connectivity index (χ1n) is 8.71. The fourth-order valence-electron chi connectivity index (χ4n) is 4.21. The summed E-state index contributed by atoms with van der Waals surface area (Å²) in [4.78, 5) is 12.5. The van der Waals surface area contributed by atoms with E-state index in [4.69, 9.17) is 0 Å². The molecule has 2 aliphatic carbocycles. The first-order chi connectivity index (χ1) is 11.6. The summed E-state index contributed by atoms with van der Waals surface area (Å²) in [6.07, 6.45) is 2.34. The zero-order valence-electron chi connectivity index (χ0n) is 13.9. The van der Waals surface area contributed by atoms with Crippen molar-refractivity contribution in [2.45, 2.75) is 43.7 Å². The number of fused-ring (bicyclic) bond motifs is 3. The van der Waals surface area contributed by atoms with E-state index in [-0.39, 0.29) is 18.4 Å². The fraction of sp³-hybridized carbons (Fsp3) is 0.381. The minimum absolute atomic E-state index is 0.0688. The molecule has 4 atom stereocenters. The van der Waals surface area contributed by atoms with E-state index >= 15 is 0 Å². The van der Waals surface area contributed by atoms with Gasteiger partial charge in [0.15, 0.2) is 0 Å². The molecule has 0 bridgehead atoms. The van der Waals surface area contributed by atoms with Gasteiger partial charge in [-0.3, -0.25) is 4.79 Å². The zero-order valence-corrected chi connectivity index (χ0v) is 13.9. The summed E-state index contributed by atoms with van der Waals surface area (Å²) in [5.74, 6) is 0.951. The van der Waals surface area contributed by atoms with E-state index < -0.39 is 5.60 Å². The number of carbonyl (C=O) groups excluding carboxylic acids is 1. The van der Waals surface area contributed by atoms with Crippen LogP contribution in [0.3, 0.4) is 0 Å². The summed E-state index contributed by atoms with van der Waals surface area (Å²) in [6, 6.07) is 18.2. The van der Waals surface area contributed by atoms with Crippen LogP contribution in [0.2, 0.25) is 0 Å². The van der Waals surface area contributed by atoms with Crippen LogP contribution in [-0.4, -0.2) is 17.1 Å². The molecule has 0 saturated heterocycles. The van der Waals surface area contributed by atoms with Crippen LogP contribution in [-0.2, 0) is 16.8 Å². The van der Waals surface area contributed by atoms with Crippen LogP contribution in [0.4, 0.5) is 0 Å². The number of carbonyl (C=O) groups is 1. The van der Waals surface area contributed by atoms with Crippen LogP contribution < -0.4 is 5.32 Å². The summed E-state index contributed by atoms with van der Waals surface area (Å²) < 4.78 is 0. The molecule has 2 N–H and O–H groups in total. The Balaban J connectivity index is 1.42. The summed E-state index contributed by atoms with van der Waals surface area (Å²) >= 11 is 0. The van der Waals surface area contributed by atoms with Gasteiger partial charge in [-0.2, -0.15) is 0 Å². The predicted octanol–water partition coefficient (Wildman–Crippen LogP) is 3.13. The van der Waals surface area contributed by atoms with Crippen LogP contribution in [0.25, 0.3) is 0 Å². The van der Waals surface area contributed by atoms with Gasteiger partial charge in [0, 0.05) is 12.0 Å². The van der Waals surface area contributed by atoms with Crippen molar-refractivity contribution in [3.8, 4) is 0 Å². The second-order valence-electron chi connectivity index (χ2n) is 7.34. The molecule has 1 amide bonds. The molecule has 4 unspecified atom stereocenters. The lowest BCUT2D eigenvalue weighted by molar-refractivity contribution is -0.126. The van der Waals surface area contributed by atoms with Gasteiger partial charge < -0.3 is 10.4 Å². The van der Waals surface area contributed by atoms with E-state index in [9.17, 15) is 9.90 Å². The van der Waals surface area contributed by atoms with Crippen molar-refractivity contribution < 1.29 is 9.90 Å². The minimum Gasteiger partial charge on any atom is -0.385 e. The maximum absolute atomic E-state index is 12.5. The highest BCUT2D eigenvalue weighted by molar-refractivity contribution is 5.78. The number of hydrogen-bond donors (Lipinski definition) is 2. The maximum Gasteiger partial charge on any atom is 0.223 e. The standard InChI is InChI=1S/C21H23NO2/c1-21(24,15-8-3-2-4-9-15)13-18(23)22-20-17-12-11-14-7-5-6-10-16(14)19(17)20/h2-10,17,19-20,24H,11-13H2,1H3,(H,22,23). The normalized spacial score (nSPS) is 26.7. The molecule has 124 valence electrons. The lowest BCUT2D eigenvalue weighted by Crippen LogP contribution is -2.34. The number of nitrogens with one attached hydrogen (secondary N) is 1. The van der Waals surface area contributed by atoms with Crippen LogP contribution >= 0.6 is 0 Å². The van der Waals surface area contributed by atoms with Crippen molar-refractivity contribution in [3.05, 3.63) is 71.3 Å². The smallest absolute Gasteiger partial charge is 0.223 e. The summed E-state index contributed by atoms with van der Waals surface area (Å²) in [5.41, 5.74) is 2.46. The molecule has 1 saturated carbocycles. The number of aliphatic hydroxyl groups is 1. The molecule has 0 aromatic heterocycles. The van der Waals surface area contributed by atoms with Gasteiger partial charge in [0.2, 0.25) is 5.91 Å². The van der Waals surface area contributed by atoms with Gasteiger partial charge in [-0.25, -0.2) is 0 Å². The Morgan fingerprint density at radius 3 is 2.67 bits per heavy atom. The first kappa shape index (κ1) is 15.4. The molecule has 3 heteroatoms. The second kappa shape index (κ2) is 5.75. The fourth-order valence-corrected chi connectivity index (χ4v) is 4.21. The van der Waals surface area contributed by atoms with E-state index in [2.05, 4.69) is 29.6 Å². The van der Waals surface area contributed by atoms with Crippen LogP contribution in [0.15, 0.2) is 54.6 Å². The molecule has 2 aromatic rings. The Morgan fingerprint density at radius 1 is 1.17 bits per heavy atom. The average molecular weight is 321 g/mol. The highest BCUT2D eigenvalue weighted by atomic mass is 16.3. The topological polar surface area (TPSA) is 49.3 Å². The molecule has 1 fully saturated rings. The maximum atomic E-state index is 12.5. The van der Waals surface area contributed by atoms with E-state index in [0.29, 0.717) is 11.8 Å². The molecule has 0 spiro atoms. The monoisotopic (exact) mass is 321 g/mol. The summed E-state index contributed by atoms with van der Waals surface area (Å²) in [5, 5.41) is 13.8. The quantitative estimate of drug-likeness (QED) is 0.909. The van der Waals surface area contributed by atoms with E-state index in [1.54, 1.807) is 6.92 Å². The molecule has 2 aliphatic rings. The van der Waals surface area contributed by atoms with Crippen LogP contribution in [0, 0.1) is 5.92 Å². The number of benzene rings is 2. The van der Waals surface area contributed by atoms with Crippen molar-refractivity contribution >= 4 is 5.91 Å². The molecule has 24 heavy (non-hydrogen) atoms. The van der Waals surface area contributed by atoms with E-state index in [1.165, 1.54) is 11.1 Å². The largest absolute Gasteiger partial charge is 0.385 e. The van der Waals surface area contributed by atoms with Crippen molar-refractivity contribution in [2.24, 2.45) is 5.92 Å². The molecule has 2 aromatic carbocycles. The van der Waals surface area contributed by atoms with Gasteiger partial charge in [-0.05, 0) is 42.4 Å². The van der Waals surface area contributed by atoms with Gasteiger partial charge in [0.1, 0.15) is 0 Å². The Morgan fingerprint density at radius 2 is 1.88 bits per heavy atom. The van der Waals surface area contributed by atoms with E-state index in [1.807, 2.05) is 30.3 Å². The predicted molar refractivity (Wildman–Crippen MR) is 93.6 cm³/mol. The van der Waals surface area contributed by atoms with Crippen molar-refractivity contribution in [2.75, 3.05) is 0 Å². The third-order valence-electron chi connectivity index (χ3n) is 5.56. The molecule has 0 aliphatic heterocycles. The zero-order chi connectivity index (χ0) is 16.7. The number of amides is 1. The van der Waals surface area contributed by atoms with E-state index in [0.717, 1.165) is 18.4 Å². The molecule has 4 rings (SSSR count). The van der Waals surface area contributed by atoms with Gasteiger partial charge in [0.25, 0.3) is 0 Å². The molecule has 3 nitrogen and oxygen atoms in total. The Kier molecular flexibility index (Phi) is 3.69. The average Bonchev–Trinajstić information content (AvgIpc) is 3.28. The first-order valence-corrected chi connectivity index (χ1v) is 8.71. The third kappa shape index (κ3) is 2.73. The minimum atomic E-state index is -1.14. The van der Waals surface area contributed by atoms with Crippen molar-refractivity contribution in [1.82, 2.24) is 5.32 Å². The molecule has 0 heterocycles. The van der Waals surface area contributed by atoms with Gasteiger partial charge >= 0.3 is 0 Å². The third-order valence-corrected chi connectivity index (χ3v) is 5.56. The Bertz CT molecular complexity index is 753. The number of hydrogen-bond acceptors (Lipinski definition) is 2. The molecule has 0 radical (unpaired) electrons. The highest BCUT2D eigenvalue weighted by Crippen LogP contribution is 2.54. The summed E-state index contributed by atoms with van der Waals surface area (Å²) in [6.45, 7) is 1.71. The number of aryl methyl sites for hydroxylation is 1. The van der Waals surface area contributed by atoms with Crippen LogP contribution in [0.1, 0.15) is 42.4 Å². The van der Waals surface area contributed by atoms with Crippen molar-refractivity contribution in [3.63, 3.8) is 0 Å². The summed E-state index contributed by atoms with van der Waals surface area (Å²) in [7, 11) is 0. The second-order valence-corrected chi connectivity index (χ2v) is 7.34. The van der Waals surface area contributed by atoms with Gasteiger partial charge in [0.05, 0.1) is 12.0 Å². The molecular weight excluding hydrogens is 298 g/mol. The van der Waals surface area contributed by atoms with Crippen LogP contribution in [0.5, 0.6) is 0 Å². The number of rotatable bonds is 4. The molecular formula is C21H23NO2. The van der Waals surface area contributed by atoms with Gasteiger partial charge in [-0.1, -0.05) is 54.6 Å². The highest BCUT2D eigenvalue weighted by Gasteiger charge is 2.53. The SMILES string of the molecule is CC(O)(CC(=O)NC1C2CCc3ccccc3C21)c1ccccc1. The Hall–Kier alpha value is -2.13. The Labute approximate surface area is 142 Å². The van der Waals surface area contributed by atoms with Crippen molar-refractivity contribution in [1.29, 1.82) is 0 Å². The lowest BCUT2D eigenvalue weighted by Gasteiger charge is -2.23. The lowest BCUT2D eigenvalue weighted by atomic mass is 9.92. The van der Waals surface area contributed by atoms with Gasteiger partial charge in [-0.15, -0.1) is 0 Å².